The molecule has 0 heterocycles. The van der Waals surface area contributed by atoms with E-state index in [1.165, 1.54) is 12.1 Å². The maximum Gasteiger partial charge on any atom is 0.126 e. The Bertz CT molecular complexity index is 337. The van der Waals surface area contributed by atoms with Crippen LogP contribution < -0.4 is 0 Å². The van der Waals surface area contributed by atoms with E-state index in [1.54, 1.807) is 0 Å². The summed E-state index contributed by atoms with van der Waals surface area (Å²) in [6.45, 7) is 4.11. The smallest absolute Gasteiger partial charge is 0.126 e. The summed E-state index contributed by atoms with van der Waals surface area (Å²) in [5, 5.41) is 0.108. The molecule has 1 rings (SSSR count). The molecule has 0 saturated carbocycles. The Morgan fingerprint density at radius 2 is 1.94 bits per heavy atom. The van der Waals surface area contributed by atoms with Gasteiger partial charge in [0.25, 0.3) is 0 Å². The van der Waals surface area contributed by atoms with Crippen molar-refractivity contribution in [1.29, 1.82) is 0 Å². The second-order valence-corrected chi connectivity index (χ2v) is 4.95. The molecule has 0 saturated heterocycles. The highest BCUT2D eigenvalue weighted by atomic mass is 35.5. The first kappa shape index (κ1) is 13.4. The van der Waals surface area contributed by atoms with Gasteiger partial charge >= 0.3 is 0 Å². The molecule has 0 spiro atoms. The number of aryl methyl sites for hydroxylation is 1. The molecule has 3 heteroatoms. The molecule has 1 aromatic carbocycles. The second kappa shape index (κ2) is 6.19. The molecule has 0 fully saturated rings. The fraction of sp³-hybridized carbons (Fsp3) is 0.538. The summed E-state index contributed by atoms with van der Waals surface area (Å²) in [7, 11) is 0. The third-order valence-electron chi connectivity index (χ3n) is 2.66. The van der Waals surface area contributed by atoms with Gasteiger partial charge in [0.1, 0.15) is 11.6 Å². The molecule has 0 radical (unpaired) electrons. The van der Waals surface area contributed by atoms with Crippen LogP contribution in [0, 0.1) is 17.6 Å². The van der Waals surface area contributed by atoms with Crippen LogP contribution in [-0.4, -0.2) is 5.38 Å². The van der Waals surface area contributed by atoms with E-state index in [2.05, 4.69) is 13.8 Å². The molecule has 90 valence electrons. The van der Waals surface area contributed by atoms with Crippen LogP contribution in [0.1, 0.15) is 32.3 Å². The highest BCUT2D eigenvalue weighted by molar-refractivity contribution is 6.20. The Hall–Kier alpha value is -0.630. The topological polar surface area (TPSA) is 0 Å². The van der Waals surface area contributed by atoms with Crippen molar-refractivity contribution in [2.24, 2.45) is 5.92 Å². The first-order valence-corrected chi connectivity index (χ1v) is 6.02. The van der Waals surface area contributed by atoms with Gasteiger partial charge in [-0.25, -0.2) is 8.78 Å². The fourth-order valence-corrected chi connectivity index (χ4v) is 1.71. The lowest BCUT2D eigenvalue weighted by molar-refractivity contribution is 0.536. The monoisotopic (exact) mass is 246 g/mol. The average molecular weight is 247 g/mol. The summed E-state index contributed by atoms with van der Waals surface area (Å²) >= 11 is 6.09. The lowest BCUT2D eigenvalue weighted by Crippen LogP contribution is -2.08. The van der Waals surface area contributed by atoms with E-state index in [0.29, 0.717) is 17.9 Å². The lowest BCUT2D eigenvalue weighted by atomic mass is 10.0. The largest absolute Gasteiger partial charge is 0.207 e. The molecule has 0 N–H and O–H groups in total. The van der Waals surface area contributed by atoms with E-state index in [9.17, 15) is 8.78 Å². The van der Waals surface area contributed by atoms with Crippen molar-refractivity contribution in [3.8, 4) is 0 Å². The summed E-state index contributed by atoms with van der Waals surface area (Å²) in [6.07, 6.45) is 2.15. The molecule has 1 unspecified atom stereocenters. The summed E-state index contributed by atoms with van der Waals surface area (Å²) in [4.78, 5) is 0. The minimum atomic E-state index is -0.386. The zero-order valence-corrected chi connectivity index (χ0v) is 10.4. The molecule has 1 aromatic rings. The summed E-state index contributed by atoms with van der Waals surface area (Å²) in [6, 6.07) is 3.57. The molecular weight excluding hydrogens is 230 g/mol. The molecule has 0 aliphatic heterocycles. The Balaban J connectivity index is 2.45. The van der Waals surface area contributed by atoms with E-state index >= 15 is 0 Å². The fourth-order valence-electron chi connectivity index (χ4n) is 1.56. The van der Waals surface area contributed by atoms with E-state index in [4.69, 9.17) is 11.6 Å². The highest BCUT2D eigenvalue weighted by Gasteiger charge is 2.10. The SMILES string of the molecule is CC(C)C(Cl)CCCc1cc(F)ccc1F. The highest BCUT2D eigenvalue weighted by Crippen LogP contribution is 2.18. The first-order valence-electron chi connectivity index (χ1n) is 5.58. The lowest BCUT2D eigenvalue weighted by Gasteiger charge is -2.12. The molecule has 16 heavy (non-hydrogen) atoms. The molecule has 1 atom stereocenters. The zero-order chi connectivity index (χ0) is 12.1. The first-order chi connectivity index (χ1) is 7.50. The summed E-state index contributed by atoms with van der Waals surface area (Å²) < 4.78 is 26.1. The van der Waals surface area contributed by atoms with Gasteiger partial charge in [-0.15, -0.1) is 11.6 Å². The van der Waals surface area contributed by atoms with Crippen molar-refractivity contribution in [1.82, 2.24) is 0 Å². The van der Waals surface area contributed by atoms with E-state index in [-0.39, 0.29) is 17.0 Å². The van der Waals surface area contributed by atoms with Gasteiger partial charge in [-0.1, -0.05) is 13.8 Å². The number of benzene rings is 1. The Labute approximate surface area is 101 Å². The van der Waals surface area contributed by atoms with Crippen LogP contribution in [0.3, 0.4) is 0 Å². The zero-order valence-electron chi connectivity index (χ0n) is 9.64. The van der Waals surface area contributed by atoms with Crippen molar-refractivity contribution in [2.45, 2.75) is 38.5 Å². The molecule has 0 aliphatic rings. The molecule has 0 aliphatic carbocycles. The number of rotatable bonds is 5. The number of hydrogen-bond donors (Lipinski definition) is 0. The normalized spacial score (nSPS) is 13.1. The Kier molecular flexibility index (Phi) is 5.20. The van der Waals surface area contributed by atoms with E-state index < -0.39 is 0 Å². The van der Waals surface area contributed by atoms with E-state index in [0.717, 1.165) is 18.9 Å². The third-order valence-corrected chi connectivity index (χ3v) is 3.38. The van der Waals surface area contributed by atoms with Crippen molar-refractivity contribution < 1.29 is 8.78 Å². The maximum atomic E-state index is 13.3. The molecule has 0 aromatic heterocycles. The number of halogens is 3. The van der Waals surface area contributed by atoms with Crippen molar-refractivity contribution in [2.75, 3.05) is 0 Å². The van der Waals surface area contributed by atoms with E-state index in [1.807, 2.05) is 0 Å². The standard InChI is InChI=1S/C13H17ClF2/c1-9(2)12(14)5-3-4-10-8-11(15)6-7-13(10)16/h6-9,12H,3-5H2,1-2H3. The quantitative estimate of drug-likeness (QED) is 0.669. The van der Waals surface area contributed by atoms with Crippen molar-refractivity contribution in [3.05, 3.63) is 35.4 Å². The minimum Gasteiger partial charge on any atom is -0.207 e. The van der Waals surface area contributed by atoms with Crippen LogP contribution in [0.5, 0.6) is 0 Å². The predicted octanol–water partition coefficient (Wildman–Crippen LogP) is 4.55. The van der Waals surface area contributed by atoms with Crippen LogP contribution in [0.25, 0.3) is 0 Å². The van der Waals surface area contributed by atoms with Gasteiger partial charge in [0.2, 0.25) is 0 Å². The summed E-state index contributed by atoms with van der Waals surface area (Å²) in [5.41, 5.74) is 0.438. The van der Waals surface area contributed by atoms with Crippen LogP contribution >= 0.6 is 11.6 Å². The van der Waals surface area contributed by atoms with Gasteiger partial charge in [-0.05, 0) is 48.9 Å². The van der Waals surface area contributed by atoms with Gasteiger partial charge < -0.3 is 0 Å². The van der Waals surface area contributed by atoms with Crippen LogP contribution in [-0.2, 0) is 6.42 Å². The summed E-state index contributed by atoms with van der Waals surface area (Å²) in [5.74, 6) is -0.307. The molecule has 0 bridgehead atoms. The van der Waals surface area contributed by atoms with Gasteiger partial charge in [0.15, 0.2) is 0 Å². The Morgan fingerprint density at radius 3 is 2.56 bits per heavy atom. The Morgan fingerprint density at radius 1 is 1.25 bits per heavy atom. The molecule has 0 nitrogen and oxygen atoms in total. The van der Waals surface area contributed by atoms with Crippen LogP contribution in [0.4, 0.5) is 8.78 Å². The van der Waals surface area contributed by atoms with Gasteiger partial charge in [-0.2, -0.15) is 0 Å². The van der Waals surface area contributed by atoms with Gasteiger partial charge in [0, 0.05) is 5.38 Å². The minimum absolute atomic E-state index is 0.108. The second-order valence-electron chi connectivity index (χ2n) is 4.39. The van der Waals surface area contributed by atoms with Crippen molar-refractivity contribution >= 4 is 11.6 Å². The maximum absolute atomic E-state index is 13.3. The molecular formula is C13H17ClF2. The average Bonchev–Trinajstić information content (AvgIpc) is 2.22. The van der Waals surface area contributed by atoms with Gasteiger partial charge in [-0.3, -0.25) is 0 Å². The third kappa shape index (κ3) is 4.09. The van der Waals surface area contributed by atoms with Gasteiger partial charge in [0.05, 0.1) is 0 Å². The molecule has 0 amide bonds. The predicted molar refractivity (Wildman–Crippen MR) is 63.8 cm³/mol. The number of hydrogen-bond acceptors (Lipinski definition) is 0. The number of alkyl halides is 1. The van der Waals surface area contributed by atoms with Crippen molar-refractivity contribution in [3.63, 3.8) is 0 Å². The van der Waals surface area contributed by atoms with Crippen LogP contribution in [0.15, 0.2) is 18.2 Å². The van der Waals surface area contributed by atoms with Crippen LogP contribution in [0.2, 0.25) is 0 Å².